The quantitative estimate of drug-likeness (QED) is 0.795. The molecule has 0 radical (unpaired) electrons. The van der Waals surface area contributed by atoms with Gasteiger partial charge in [-0.15, -0.1) is 0 Å². The van der Waals surface area contributed by atoms with Gasteiger partial charge in [0.15, 0.2) is 5.82 Å². The lowest BCUT2D eigenvalue weighted by Crippen LogP contribution is -2.14. The van der Waals surface area contributed by atoms with Crippen molar-refractivity contribution in [2.24, 2.45) is 0 Å². The van der Waals surface area contributed by atoms with Crippen molar-refractivity contribution in [1.29, 1.82) is 0 Å². The van der Waals surface area contributed by atoms with Gasteiger partial charge in [-0.05, 0) is 34.5 Å². The van der Waals surface area contributed by atoms with Crippen molar-refractivity contribution < 1.29 is 4.79 Å². The lowest BCUT2D eigenvalue weighted by molar-refractivity contribution is 0.102. The van der Waals surface area contributed by atoms with E-state index in [-0.39, 0.29) is 5.91 Å². The normalized spacial score (nSPS) is 10.2. The number of benzene rings is 1. The standard InChI is InChI=1S/C11H11BrN4O/c1-6-3-2-4-7(9(6)12)11(17)15-10-8(13)5-14-16-10/h2-5H,13H2,1H3,(H2,14,15,16,17). The van der Waals surface area contributed by atoms with Crippen LogP contribution in [0.2, 0.25) is 0 Å². The van der Waals surface area contributed by atoms with Gasteiger partial charge >= 0.3 is 0 Å². The van der Waals surface area contributed by atoms with Gasteiger partial charge in [-0.1, -0.05) is 12.1 Å². The summed E-state index contributed by atoms with van der Waals surface area (Å²) in [5.74, 6) is 0.167. The van der Waals surface area contributed by atoms with E-state index in [1.807, 2.05) is 19.1 Å². The van der Waals surface area contributed by atoms with E-state index in [1.165, 1.54) is 6.20 Å². The van der Waals surface area contributed by atoms with Gasteiger partial charge in [-0.25, -0.2) is 0 Å². The second-order valence-corrected chi connectivity index (χ2v) is 4.38. The zero-order chi connectivity index (χ0) is 12.4. The van der Waals surface area contributed by atoms with E-state index in [9.17, 15) is 4.79 Å². The van der Waals surface area contributed by atoms with Crippen LogP contribution in [0, 0.1) is 6.92 Å². The lowest BCUT2D eigenvalue weighted by atomic mass is 10.1. The maximum Gasteiger partial charge on any atom is 0.258 e. The SMILES string of the molecule is Cc1cccc(C(=O)Nc2[nH]ncc2N)c1Br. The summed E-state index contributed by atoms with van der Waals surface area (Å²) in [6, 6.07) is 5.48. The first-order valence-electron chi connectivity index (χ1n) is 4.95. The third-order valence-corrected chi connectivity index (χ3v) is 3.40. The van der Waals surface area contributed by atoms with Crippen LogP contribution in [0.1, 0.15) is 15.9 Å². The van der Waals surface area contributed by atoms with Crippen molar-refractivity contribution in [2.45, 2.75) is 6.92 Å². The highest BCUT2D eigenvalue weighted by molar-refractivity contribution is 9.10. The molecule has 2 rings (SSSR count). The maximum atomic E-state index is 12.0. The Morgan fingerprint density at radius 3 is 2.94 bits per heavy atom. The second-order valence-electron chi connectivity index (χ2n) is 3.59. The molecule has 1 heterocycles. The average Bonchev–Trinajstić information content (AvgIpc) is 2.68. The highest BCUT2D eigenvalue weighted by Gasteiger charge is 2.13. The van der Waals surface area contributed by atoms with Crippen molar-refractivity contribution in [3.8, 4) is 0 Å². The lowest BCUT2D eigenvalue weighted by Gasteiger charge is -2.07. The monoisotopic (exact) mass is 294 g/mol. The molecule has 1 amide bonds. The number of nitrogens with zero attached hydrogens (tertiary/aromatic N) is 1. The smallest absolute Gasteiger partial charge is 0.258 e. The molecule has 1 aromatic carbocycles. The van der Waals surface area contributed by atoms with E-state index in [0.29, 0.717) is 17.1 Å². The zero-order valence-electron chi connectivity index (χ0n) is 9.12. The molecule has 0 bridgehead atoms. The number of nitrogens with one attached hydrogen (secondary N) is 2. The van der Waals surface area contributed by atoms with Crippen molar-refractivity contribution in [3.05, 3.63) is 40.0 Å². The van der Waals surface area contributed by atoms with Crippen LogP contribution in [0.4, 0.5) is 11.5 Å². The van der Waals surface area contributed by atoms with Gasteiger partial charge in [0.05, 0.1) is 17.4 Å². The molecule has 88 valence electrons. The van der Waals surface area contributed by atoms with Gasteiger partial charge in [-0.3, -0.25) is 9.89 Å². The van der Waals surface area contributed by atoms with Crippen LogP contribution < -0.4 is 11.1 Å². The van der Waals surface area contributed by atoms with E-state index < -0.39 is 0 Å². The molecule has 17 heavy (non-hydrogen) atoms. The Bertz CT molecular complexity index is 564. The molecule has 0 saturated carbocycles. The number of aryl methyl sites for hydroxylation is 1. The summed E-state index contributed by atoms with van der Waals surface area (Å²) in [5.41, 5.74) is 7.57. The molecule has 0 saturated heterocycles. The Morgan fingerprint density at radius 1 is 1.53 bits per heavy atom. The van der Waals surface area contributed by atoms with Crippen LogP contribution in [-0.2, 0) is 0 Å². The Balaban J connectivity index is 2.27. The van der Waals surface area contributed by atoms with Crippen LogP contribution in [0.15, 0.2) is 28.9 Å². The number of halogens is 1. The van der Waals surface area contributed by atoms with E-state index in [2.05, 4.69) is 31.4 Å². The highest BCUT2D eigenvalue weighted by atomic mass is 79.9. The van der Waals surface area contributed by atoms with E-state index in [4.69, 9.17) is 5.73 Å². The number of amides is 1. The molecule has 0 aliphatic rings. The number of anilines is 2. The number of nitrogen functional groups attached to an aromatic ring is 1. The number of carbonyl (C=O) groups excluding carboxylic acids is 1. The van der Waals surface area contributed by atoms with Crippen LogP contribution in [0.3, 0.4) is 0 Å². The van der Waals surface area contributed by atoms with Gasteiger partial charge in [-0.2, -0.15) is 5.10 Å². The Kier molecular flexibility index (Phi) is 3.14. The number of rotatable bonds is 2. The van der Waals surface area contributed by atoms with E-state index in [1.54, 1.807) is 6.07 Å². The molecule has 0 fully saturated rings. The molecule has 5 nitrogen and oxygen atoms in total. The summed E-state index contributed by atoms with van der Waals surface area (Å²) in [6.07, 6.45) is 1.45. The minimum atomic E-state index is -0.239. The average molecular weight is 295 g/mol. The van der Waals surface area contributed by atoms with Crippen molar-refractivity contribution in [2.75, 3.05) is 11.1 Å². The molecule has 6 heteroatoms. The van der Waals surface area contributed by atoms with Crippen molar-refractivity contribution >= 4 is 33.3 Å². The van der Waals surface area contributed by atoms with Crippen LogP contribution in [-0.4, -0.2) is 16.1 Å². The predicted octanol–water partition coefficient (Wildman–Crippen LogP) is 2.32. The van der Waals surface area contributed by atoms with Crippen molar-refractivity contribution in [1.82, 2.24) is 10.2 Å². The van der Waals surface area contributed by atoms with Crippen LogP contribution >= 0.6 is 15.9 Å². The molecule has 0 atom stereocenters. The molecule has 0 aliphatic carbocycles. The predicted molar refractivity (Wildman–Crippen MR) is 69.8 cm³/mol. The summed E-state index contributed by atoms with van der Waals surface area (Å²) in [5, 5.41) is 9.01. The molecule has 0 aliphatic heterocycles. The fourth-order valence-electron chi connectivity index (χ4n) is 1.40. The number of aromatic amines is 1. The number of aromatic nitrogens is 2. The summed E-state index contributed by atoms with van der Waals surface area (Å²) < 4.78 is 0.774. The first-order valence-corrected chi connectivity index (χ1v) is 5.74. The highest BCUT2D eigenvalue weighted by Crippen LogP contribution is 2.22. The first kappa shape index (κ1) is 11.7. The molecular formula is C11H11BrN4O. The fourth-order valence-corrected chi connectivity index (χ4v) is 1.84. The van der Waals surface area contributed by atoms with E-state index in [0.717, 1.165) is 10.0 Å². The second kappa shape index (κ2) is 4.58. The summed E-state index contributed by atoms with van der Waals surface area (Å²) in [7, 11) is 0. The van der Waals surface area contributed by atoms with E-state index >= 15 is 0 Å². The Labute approximate surface area is 107 Å². The largest absolute Gasteiger partial charge is 0.394 e. The van der Waals surface area contributed by atoms with Gasteiger partial charge in [0.1, 0.15) is 0 Å². The van der Waals surface area contributed by atoms with Gasteiger partial charge in [0.25, 0.3) is 5.91 Å². The van der Waals surface area contributed by atoms with Gasteiger partial charge in [0.2, 0.25) is 0 Å². The Morgan fingerprint density at radius 2 is 2.29 bits per heavy atom. The number of hydrogen-bond acceptors (Lipinski definition) is 3. The van der Waals surface area contributed by atoms with Crippen LogP contribution in [0.5, 0.6) is 0 Å². The zero-order valence-corrected chi connectivity index (χ0v) is 10.7. The molecule has 1 aromatic heterocycles. The first-order chi connectivity index (χ1) is 8.09. The number of nitrogens with two attached hydrogens (primary N) is 1. The van der Waals surface area contributed by atoms with Crippen molar-refractivity contribution in [3.63, 3.8) is 0 Å². The molecule has 4 N–H and O–H groups in total. The fraction of sp³-hybridized carbons (Fsp3) is 0.0909. The molecule has 0 unspecified atom stereocenters. The molecule has 2 aromatic rings. The maximum absolute atomic E-state index is 12.0. The third kappa shape index (κ3) is 2.31. The molecule has 0 spiro atoms. The topological polar surface area (TPSA) is 83.8 Å². The summed E-state index contributed by atoms with van der Waals surface area (Å²) in [4.78, 5) is 12.0. The number of carbonyl (C=O) groups is 1. The molecular weight excluding hydrogens is 284 g/mol. The number of H-pyrrole nitrogens is 1. The summed E-state index contributed by atoms with van der Waals surface area (Å²) in [6.45, 7) is 1.92. The minimum absolute atomic E-state index is 0.239. The minimum Gasteiger partial charge on any atom is -0.394 e. The third-order valence-electron chi connectivity index (χ3n) is 2.34. The van der Waals surface area contributed by atoms with Crippen LogP contribution in [0.25, 0.3) is 0 Å². The van der Waals surface area contributed by atoms with Gasteiger partial charge in [0, 0.05) is 4.47 Å². The number of hydrogen-bond donors (Lipinski definition) is 3. The summed E-state index contributed by atoms with van der Waals surface area (Å²) >= 11 is 3.39. The Hall–Kier alpha value is -1.82. The van der Waals surface area contributed by atoms with Gasteiger partial charge < -0.3 is 11.1 Å².